The number of aliphatic hydroxyl groups excluding tert-OH is 1. The van der Waals surface area contributed by atoms with Crippen molar-refractivity contribution in [3.05, 3.63) is 11.5 Å². The Hall–Kier alpha value is -2.05. The zero-order valence-corrected chi connectivity index (χ0v) is 21.7. The first-order valence-electron chi connectivity index (χ1n) is 11.9. The van der Waals surface area contributed by atoms with Crippen molar-refractivity contribution in [2.24, 2.45) is 0 Å². The van der Waals surface area contributed by atoms with Crippen LogP contribution in [0.15, 0.2) is 6.20 Å². The molecule has 0 radical (unpaired) electrons. The van der Waals surface area contributed by atoms with Crippen LogP contribution in [0.2, 0.25) is 5.28 Å². The van der Waals surface area contributed by atoms with Gasteiger partial charge in [-0.3, -0.25) is 4.90 Å². The van der Waals surface area contributed by atoms with Gasteiger partial charge in [-0.05, 0) is 71.9 Å². The van der Waals surface area contributed by atoms with Crippen LogP contribution in [0.3, 0.4) is 0 Å². The monoisotopic (exact) mass is 513 g/mol. The van der Waals surface area contributed by atoms with Crippen LogP contribution in [0.25, 0.3) is 11.0 Å². The summed E-state index contributed by atoms with van der Waals surface area (Å²) in [4.78, 5) is 23.6. The lowest BCUT2D eigenvalue weighted by Crippen LogP contribution is -2.43. The molecule has 0 bridgehead atoms. The molecule has 2 aliphatic rings. The predicted octanol–water partition coefficient (Wildman–Crippen LogP) is 3.54. The van der Waals surface area contributed by atoms with Crippen molar-refractivity contribution < 1.29 is 29.6 Å². The third kappa shape index (κ3) is 7.47. The first-order chi connectivity index (χ1) is 16.3. The second-order valence-corrected chi connectivity index (χ2v) is 10.7. The number of aromatic nitrogens is 4. The molecule has 1 aliphatic carbocycles. The molecule has 3 heterocycles. The fourth-order valence-electron chi connectivity index (χ4n) is 4.16. The number of hydrogen-bond acceptors (Lipinski definition) is 9. The number of fused-ring (bicyclic) bond motifs is 1. The summed E-state index contributed by atoms with van der Waals surface area (Å²) in [6, 6.07) is -0.0149. The molecule has 0 aromatic carbocycles. The average molecular weight is 514 g/mol. The number of anilines is 1. The maximum Gasteiger partial charge on any atom is 0.416 e. The molecule has 35 heavy (non-hydrogen) atoms. The molecule has 11 nitrogen and oxygen atoms in total. The van der Waals surface area contributed by atoms with Gasteiger partial charge in [-0.15, -0.1) is 0 Å². The maximum absolute atomic E-state index is 13.2. The van der Waals surface area contributed by atoms with Crippen LogP contribution in [0.1, 0.15) is 79.4 Å². The van der Waals surface area contributed by atoms with Crippen LogP contribution in [-0.2, 0) is 9.47 Å². The predicted molar refractivity (Wildman–Crippen MR) is 130 cm³/mol. The highest BCUT2D eigenvalue weighted by atomic mass is 35.5. The summed E-state index contributed by atoms with van der Waals surface area (Å²) >= 11 is 6.28. The van der Waals surface area contributed by atoms with Crippen LogP contribution in [0.4, 0.5) is 10.6 Å². The Bertz CT molecular complexity index is 1010. The van der Waals surface area contributed by atoms with Gasteiger partial charge in [-0.2, -0.15) is 15.1 Å². The number of nitrogens with zero attached hydrogens (tertiary/aromatic N) is 5. The van der Waals surface area contributed by atoms with Gasteiger partial charge < -0.3 is 24.8 Å². The lowest BCUT2D eigenvalue weighted by molar-refractivity contribution is -0.127. The molecule has 12 heteroatoms. The number of hydrogen-bond donors (Lipinski definition) is 3. The van der Waals surface area contributed by atoms with Gasteiger partial charge in [0, 0.05) is 6.04 Å². The first-order valence-corrected chi connectivity index (χ1v) is 12.3. The number of amides is 1. The number of aliphatic hydroxyl groups is 3. The van der Waals surface area contributed by atoms with Crippen molar-refractivity contribution in [1.82, 2.24) is 19.7 Å². The van der Waals surface area contributed by atoms with Crippen molar-refractivity contribution in [2.75, 3.05) is 11.5 Å². The number of carbonyl (C=O) groups is 1. The molecule has 1 aliphatic heterocycles. The summed E-state index contributed by atoms with van der Waals surface area (Å²) < 4.78 is 13.2. The highest BCUT2D eigenvalue weighted by Gasteiger charge is 2.35. The molecule has 2 aromatic heterocycles. The molecule has 2 unspecified atom stereocenters. The van der Waals surface area contributed by atoms with Crippen LogP contribution >= 0.6 is 11.6 Å². The molecule has 2 aromatic rings. The van der Waals surface area contributed by atoms with E-state index < -0.39 is 17.5 Å². The SMILES string of the molecule is CC(C)(C)OC(=O)N(c1nc(Cl)nc2c1cnn2C1CCC(CO)O1)C1CCCC1.CC(C)(O)O. The maximum atomic E-state index is 13.2. The average Bonchev–Trinajstić information content (AvgIpc) is 3.45. The van der Waals surface area contributed by atoms with Crippen LogP contribution < -0.4 is 4.90 Å². The Morgan fingerprint density at radius 2 is 1.80 bits per heavy atom. The smallest absolute Gasteiger partial charge is 0.416 e. The zero-order valence-electron chi connectivity index (χ0n) is 20.9. The zero-order chi connectivity index (χ0) is 26.0. The Morgan fingerprint density at radius 3 is 2.34 bits per heavy atom. The molecule has 1 saturated carbocycles. The van der Waals surface area contributed by atoms with E-state index in [1.54, 1.807) is 15.8 Å². The van der Waals surface area contributed by atoms with Crippen molar-refractivity contribution in [3.8, 4) is 0 Å². The Labute approximate surface area is 210 Å². The van der Waals surface area contributed by atoms with Crippen LogP contribution in [0, 0.1) is 0 Å². The molecule has 0 spiro atoms. The fraction of sp³-hybridized carbons (Fsp3) is 0.739. The van der Waals surface area contributed by atoms with E-state index in [-0.39, 0.29) is 30.3 Å². The molecular weight excluding hydrogens is 478 g/mol. The standard InChI is InChI=1S/C20H28ClN5O4.C3H8O2/c1-20(2,3)30-19(28)25(12-6-4-5-7-12)16-14-10-22-26(17(14)24-18(21)23-16)15-9-8-13(11-27)29-15;1-3(2,4)5/h10,12-13,15,27H,4-9,11H2,1-3H3;4-5H,1-2H3. The van der Waals surface area contributed by atoms with E-state index in [0.717, 1.165) is 32.1 Å². The summed E-state index contributed by atoms with van der Waals surface area (Å²) in [5.41, 5.74) is -0.134. The Morgan fingerprint density at radius 1 is 1.17 bits per heavy atom. The highest BCUT2D eigenvalue weighted by molar-refractivity contribution is 6.28. The molecule has 2 atom stereocenters. The number of carbonyl (C=O) groups excluding carboxylic acids is 1. The second kappa shape index (κ2) is 10.9. The van der Waals surface area contributed by atoms with E-state index in [0.29, 0.717) is 23.3 Å². The molecular formula is C23H36ClN5O6. The second-order valence-electron chi connectivity index (χ2n) is 10.4. The fourth-order valence-corrected chi connectivity index (χ4v) is 4.32. The summed E-state index contributed by atoms with van der Waals surface area (Å²) in [5.74, 6) is -1.09. The van der Waals surface area contributed by atoms with E-state index in [2.05, 4.69) is 15.1 Å². The third-order valence-electron chi connectivity index (χ3n) is 5.48. The van der Waals surface area contributed by atoms with E-state index >= 15 is 0 Å². The first kappa shape index (κ1) is 27.5. The number of ether oxygens (including phenoxy) is 2. The summed E-state index contributed by atoms with van der Waals surface area (Å²) in [6.45, 7) is 8.08. The molecule has 1 amide bonds. The van der Waals surface area contributed by atoms with Crippen molar-refractivity contribution in [2.45, 2.75) is 103 Å². The molecule has 2 fully saturated rings. The Kier molecular flexibility index (Phi) is 8.59. The van der Waals surface area contributed by atoms with Gasteiger partial charge in [0.2, 0.25) is 5.28 Å². The molecule has 1 saturated heterocycles. The lowest BCUT2D eigenvalue weighted by Gasteiger charge is -2.31. The normalized spacial score (nSPS) is 21.2. The lowest BCUT2D eigenvalue weighted by atomic mass is 10.2. The minimum Gasteiger partial charge on any atom is -0.443 e. The number of rotatable bonds is 4. The van der Waals surface area contributed by atoms with Gasteiger partial charge in [0.15, 0.2) is 23.5 Å². The van der Waals surface area contributed by atoms with Gasteiger partial charge in [0.25, 0.3) is 0 Å². The summed E-state index contributed by atoms with van der Waals surface area (Å²) in [5, 5.41) is 30.6. The highest BCUT2D eigenvalue weighted by Crippen LogP contribution is 2.36. The van der Waals surface area contributed by atoms with E-state index in [1.165, 1.54) is 13.8 Å². The third-order valence-corrected chi connectivity index (χ3v) is 5.65. The largest absolute Gasteiger partial charge is 0.443 e. The Balaban J connectivity index is 0.000000623. The molecule has 4 rings (SSSR count). The van der Waals surface area contributed by atoms with Gasteiger partial charge in [0.1, 0.15) is 5.60 Å². The molecule has 3 N–H and O–H groups in total. The topological polar surface area (TPSA) is 143 Å². The van der Waals surface area contributed by atoms with Gasteiger partial charge in [-0.25, -0.2) is 9.48 Å². The van der Waals surface area contributed by atoms with Gasteiger partial charge in [-0.1, -0.05) is 12.8 Å². The quantitative estimate of drug-likeness (QED) is 0.413. The van der Waals surface area contributed by atoms with Crippen LogP contribution in [-0.4, -0.2) is 71.3 Å². The van der Waals surface area contributed by atoms with Crippen molar-refractivity contribution >= 4 is 34.5 Å². The minimum absolute atomic E-state index is 0.0149. The minimum atomic E-state index is -1.50. The molecule has 196 valence electrons. The van der Waals surface area contributed by atoms with Gasteiger partial charge >= 0.3 is 6.09 Å². The number of halogens is 1. The van der Waals surface area contributed by atoms with Crippen LogP contribution in [0.5, 0.6) is 0 Å². The van der Waals surface area contributed by atoms with Crippen molar-refractivity contribution in [1.29, 1.82) is 0 Å². The summed E-state index contributed by atoms with van der Waals surface area (Å²) in [6.07, 6.45) is 5.91. The van der Waals surface area contributed by atoms with Gasteiger partial charge in [0.05, 0.1) is 24.3 Å². The van der Waals surface area contributed by atoms with E-state index in [4.69, 9.17) is 31.3 Å². The van der Waals surface area contributed by atoms with E-state index in [9.17, 15) is 9.90 Å². The van der Waals surface area contributed by atoms with E-state index in [1.807, 2.05) is 20.8 Å². The van der Waals surface area contributed by atoms with Crippen molar-refractivity contribution in [3.63, 3.8) is 0 Å². The summed E-state index contributed by atoms with van der Waals surface area (Å²) in [7, 11) is 0.